The highest BCUT2D eigenvalue weighted by Crippen LogP contribution is 2.46. The first-order valence-electron chi connectivity index (χ1n) is 9.11. The number of Topliss-reactive ketones (excluding diaryl/α,β-unsaturated/α-hetero) is 1. The van der Waals surface area contributed by atoms with E-state index in [9.17, 15) is 9.59 Å². The van der Waals surface area contributed by atoms with Gasteiger partial charge in [0.2, 0.25) is 0 Å². The van der Waals surface area contributed by atoms with E-state index in [1.54, 1.807) is 12.4 Å². The lowest BCUT2D eigenvalue weighted by Gasteiger charge is -2.41. The summed E-state index contributed by atoms with van der Waals surface area (Å²) in [5, 5.41) is 0. The Balaban J connectivity index is 2.14. The van der Waals surface area contributed by atoms with Gasteiger partial charge in [-0.2, -0.15) is 0 Å². The van der Waals surface area contributed by atoms with Gasteiger partial charge in [-0.15, -0.1) is 0 Å². The average Bonchev–Trinajstić information content (AvgIpc) is 2.52. The number of rotatable bonds is 3. The molecule has 1 fully saturated rings. The number of ether oxygens (including phenoxy) is 1. The van der Waals surface area contributed by atoms with Crippen LogP contribution in [0.2, 0.25) is 0 Å². The zero-order chi connectivity index (χ0) is 19.1. The fourth-order valence-corrected chi connectivity index (χ4v) is 4.06. The van der Waals surface area contributed by atoms with Crippen molar-refractivity contribution in [3.63, 3.8) is 0 Å². The second-order valence-corrected chi connectivity index (χ2v) is 8.28. The van der Waals surface area contributed by atoms with Gasteiger partial charge in [-0.3, -0.25) is 14.8 Å². The van der Waals surface area contributed by atoms with E-state index in [-0.39, 0.29) is 23.2 Å². The van der Waals surface area contributed by atoms with Crippen LogP contribution < -0.4 is 0 Å². The van der Waals surface area contributed by atoms with Gasteiger partial charge in [0.1, 0.15) is 5.78 Å². The monoisotopic (exact) mass is 354 g/mol. The van der Waals surface area contributed by atoms with Gasteiger partial charge in [0, 0.05) is 36.1 Å². The van der Waals surface area contributed by atoms with Gasteiger partial charge in [-0.05, 0) is 44.2 Å². The van der Waals surface area contributed by atoms with Crippen LogP contribution in [0, 0.1) is 11.3 Å². The van der Waals surface area contributed by atoms with Crippen molar-refractivity contribution in [3.05, 3.63) is 41.4 Å². The molecule has 1 saturated carbocycles. The van der Waals surface area contributed by atoms with E-state index in [2.05, 4.69) is 18.8 Å². The van der Waals surface area contributed by atoms with Gasteiger partial charge in [0.05, 0.1) is 17.6 Å². The highest BCUT2D eigenvalue weighted by Gasteiger charge is 2.47. The standard InChI is InChI=1S/C21H26N2O3/c1-12(2)26-20(25)17-13(3)23-15-9-21(4,5)10-16(24)19(15)18(17)14-7-6-8-22-11-14/h6-8,11-12,18-19H,9-10H2,1-5H3. The van der Waals surface area contributed by atoms with Crippen LogP contribution >= 0.6 is 0 Å². The summed E-state index contributed by atoms with van der Waals surface area (Å²) >= 11 is 0. The number of pyridine rings is 1. The maximum absolute atomic E-state index is 13.0. The van der Waals surface area contributed by atoms with Crippen LogP contribution in [-0.2, 0) is 14.3 Å². The number of nitrogens with zero attached hydrogens (tertiary/aromatic N) is 2. The first-order chi connectivity index (χ1) is 12.2. The molecular formula is C21H26N2O3. The van der Waals surface area contributed by atoms with Crippen molar-refractivity contribution in [2.45, 2.75) is 59.5 Å². The Morgan fingerprint density at radius 3 is 2.62 bits per heavy atom. The van der Waals surface area contributed by atoms with Gasteiger partial charge < -0.3 is 4.74 Å². The summed E-state index contributed by atoms with van der Waals surface area (Å²) in [6.07, 6.45) is 4.43. The first-order valence-corrected chi connectivity index (χ1v) is 9.11. The normalized spacial score (nSPS) is 25.0. The Bertz CT molecular complexity index is 791. The number of aromatic nitrogens is 1. The molecule has 2 heterocycles. The van der Waals surface area contributed by atoms with Crippen molar-refractivity contribution in [3.8, 4) is 0 Å². The minimum absolute atomic E-state index is 0.109. The van der Waals surface area contributed by atoms with Crippen LogP contribution in [0.1, 0.15) is 58.9 Å². The van der Waals surface area contributed by atoms with E-state index in [0.717, 1.165) is 17.7 Å². The van der Waals surface area contributed by atoms with E-state index in [1.807, 2.05) is 32.9 Å². The number of carbonyl (C=O) groups is 2. The summed E-state index contributed by atoms with van der Waals surface area (Å²) in [4.78, 5) is 34.8. The second kappa shape index (κ2) is 6.78. The molecule has 5 nitrogen and oxygen atoms in total. The number of carbonyl (C=O) groups excluding carboxylic acids is 2. The molecule has 0 N–H and O–H groups in total. The van der Waals surface area contributed by atoms with E-state index in [4.69, 9.17) is 9.73 Å². The number of hydrogen-bond acceptors (Lipinski definition) is 5. The Kier molecular flexibility index (Phi) is 4.82. The number of allylic oxidation sites excluding steroid dienone is 1. The van der Waals surface area contributed by atoms with E-state index in [1.165, 1.54) is 0 Å². The molecule has 1 aliphatic heterocycles. The number of ketones is 1. The Hall–Kier alpha value is -2.30. The predicted octanol–water partition coefficient (Wildman–Crippen LogP) is 3.85. The van der Waals surface area contributed by atoms with Crippen molar-refractivity contribution >= 4 is 17.5 Å². The minimum Gasteiger partial charge on any atom is -0.460 e. The van der Waals surface area contributed by atoms with Crippen LogP contribution in [0.25, 0.3) is 0 Å². The maximum atomic E-state index is 13.0. The Labute approximate surface area is 154 Å². The summed E-state index contributed by atoms with van der Waals surface area (Å²) < 4.78 is 5.47. The minimum atomic E-state index is -0.411. The number of esters is 1. The number of hydrogen-bond donors (Lipinski definition) is 0. The molecule has 0 aromatic carbocycles. The van der Waals surface area contributed by atoms with Gasteiger partial charge in [0.15, 0.2) is 0 Å². The molecule has 26 heavy (non-hydrogen) atoms. The lowest BCUT2D eigenvalue weighted by molar-refractivity contribution is -0.143. The molecule has 5 heteroatoms. The molecule has 1 aromatic rings. The fraction of sp³-hybridized carbons (Fsp3) is 0.524. The van der Waals surface area contributed by atoms with Crippen molar-refractivity contribution < 1.29 is 14.3 Å². The zero-order valence-electron chi connectivity index (χ0n) is 16.1. The van der Waals surface area contributed by atoms with Crippen LogP contribution in [-0.4, -0.2) is 28.6 Å². The Morgan fingerprint density at radius 1 is 1.27 bits per heavy atom. The van der Waals surface area contributed by atoms with Crippen LogP contribution in [0.3, 0.4) is 0 Å². The third kappa shape index (κ3) is 3.48. The van der Waals surface area contributed by atoms with Crippen molar-refractivity contribution in [2.75, 3.05) is 0 Å². The molecule has 0 amide bonds. The summed E-state index contributed by atoms with van der Waals surface area (Å²) in [5.41, 5.74) is 2.74. The molecular weight excluding hydrogens is 328 g/mol. The molecule has 0 radical (unpaired) electrons. The average molecular weight is 354 g/mol. The van der Waals surface area contributed by atoms with Gasteiger partial charge in [-0.1, -0.05) is 19.9 Å². The smallest absolute Gasteiger partial charge is 0.336 e. The van der Waals surface area contributed by atoms with Gasteiger partial charge in [0.25, 0.3) is 0 Å². The summed E-state index contributed by atoms with van der Waals surface area (Å²) in [6, 6.07) is 3.75. The van der Waals surface area contributed by atoms with E-state index < -0.39 is 11.9 Å². The number of aliphatic imine (C=N–C) groups is 1. The molecule has 2 aliphatic rings. The molecule has 1 aliphatic carbocycles. The lowest BCUT2D eigenvalue weighted by Crippen LogP contribution is -2.44. The second-order valence-electron chi connectivity index (χ2n) is 8.28. The molecule has 0 saturated heterocycles. The van der Waals surface area contributed by atoms with Gasteiger partial charge >= 0.3 is 5.97 Å². The largest absolute Gasteiger partial charge is 0.460 e. The number of fused-ring (bicyclic) bond motifs is 1. The molecule has 3 rings (SSSR count). The van der Waals surface area contributed by atoms with E-state index in [0.29, 0.717) is 17.7 Å². The maximum Gasteiger partial charge on any atom is 0.336 e. The summed E-state index contributed by atoms with van der Waals surface area (Å²) in [5.74, 6) is -1.06. The highest BCUT2D eigenvalue weighted by atomic mass is 16.5. The summed E-state index contributed by atoms with van der Waals surface area (Å²) in [6.45, 7) is 9.64. The lowest BCUT2D eigenvalue weighted by atomic mass is 9.63. The van der Waals surface area contributed by atoms with Gasteiger partial charge in [-0.25, -0.2) is 4.79 Å². The summed E-state index contributed by atoms with van der Waals surface area (Å²) in [7, 11) is 0. The third-order valence-corrected chi connectivity index (χ3v) is 4.97. The third-order valence-electron chi connectivity index (χ3n) is 4.97. The van der Waals surface area contributed by atoms with Crippen molar-refractivity contribution in [1.29, 1.82) is 0 Å². The van der Waals surface area contributed by atoms with Crippen LogP contribution in [0.4, 0.5) is 0 Å². The van der Waals surface area contributed by atoms with Crippen molar-refractivity contribution in [2.24, 2.45) is 16.3 Å². The topological polar surface area (TPSA) is 68.6 Å². The quantitative estimate of drug-likeness (QED) is 0.773. The molecule has 2 atom stereocenters. The SMILES string of the molecule is CC1=C(C(=O)OC(C)C)C(c2cccnc2)C2C(=O)CC(C)(C)CC2=N1. The molecule has 0 bridgehead atoms. The zero-order valence-corrected chi connectivity index (χ0v) is 16.1. The highest BCUT2D eigenvalue weighted by molar-refractivity contribution is 6.12. The Morgan fingerprint density at radius 2 is 2.00 bits per heavy atom. The molecule has 138 valence electrons. The first kappa shape index (κ1) is 18.5. The van der Waals surface area contributed by atoms with Crippen LogP contribution in [0.5, 0.6) is 0 Å². The van der Waals surface area contributed by atoms with Crippen molar-refractivity contribution in [1.82, 2.24) is 4.98 Å². The fourth-order valence-electron chi connectivity index (χ4n) is 4.06. The molecule has 2 unspecified atom stereocenters. The van der Waals surface area contributed by atoms with E-state index >= 15 is 0 Å². The predicted molar refractivity (Wildman–Crippen MR) is 99.9 cm³/mol. The molecule has 0 spiro atoms. The molecule has 1 aromatic heterocycles. The van der Waals surface area contributed by atoms with Crippen LogP contribution in [0.15, 0.2) is 40.8 Å².